The van der Waals surface area contributed by atoms with Gasteiger partial charge in [0.15, 0.2) is 0 Å². The Morgan fingerprint density at radius 1 is 1.30 bits per heavy atom. The molecule has 1 aromatic carbocycles. The summed E-state index contributed by atoms with van der Waals surface area (Å²) in [6.45, 7) is 0.360. The monoisotopic (exact) mass is 296 g/mol. The van der Waals surface area contributed by atoms with E-state index in [1.54, 1.807) is 29.0 Å². The maximum absolute atomic E-state index is 12.0. The largest absolute Gasteiger partial charge is 0.481 e. The molecule has 0 atom stereocenters. The molecule has 0 aliphatic rings. The lowest BCUT2D eigenvalue weighted by molar-refractivity contribution is -0.137. The fourth-order valence-corrected chi connectivity index (χ4v) is 2.90. The van der Waals surface area contributed by atoms with E-state index in [1.807, 2.05) is 0 Å². The molecule has 0 saturated carbocycles. The molecule has 0 bridgehead atoms. The van der Waals surface area contributed by atoms with Crippen molar-refractivity contribution in [1.29, 1.82) is 0 Å². The summed E-state index contributed by atoms with van der Waals surface area (Å²) in [5.41, 5.74) is 0.823. The van der Waals surface area contributed by atoms with Crippen LogP contribution in [-0.2, 0) is 21.4 Å². The van der Waals surface area contributed by atoms with Crippen LogP contribution in [0.4, 0.5) is 0 Å². The van der Waals surface area contributed by atoms with Crippen LogP contribution in [0.5, 0.6) is 0 Å². The summed E-state index contributed by atoms with van der Waals surface area (Å²) in [7, 11) is -0.487. The van der Waals surface area contributed by atoms with Gasteiger partial charge in [0.2, 0.25) is 10.0 Å². The topological polar surface area (TPSA) is 79.6 Å². The number of rotatable bonds is 5. The summed E-state index contributed by atoms with van der Waals surface area (Å²) in [6.07, 6.45) is 1.79. The van der Waals surface area contributed by atoms with E-state index in [2.05, 4.69) is 0 Å². The van der Waals surface area contributed by atoms with Gasteiger partial charge < -0.3 is 9.67 Å². The average molecular weight is 296 g/mol. The second-order valence-corrected chi connectivity index (χ2v) is 6.81. The molecule has 0 spiro atoms. The van der Waals surface area contributed by atoms with E-state index in [1.165, 1.54) is 20.2 Å². The number of carboxylic acids is 1. The highest BCUT2D eigenvalue weighted by molar-refractivity contribution is 7.89. The molecule has 0 fully saturated rings. The number of aromatic nitrogens is 1. The van der Waals surface area contributed by atoms with Crippen LogP contribution in [0.3, 0.4) is 0 Å². The van der Waals surface area contributed by atoms with Gasteiger partial charge in [0.25, 0.3) is 0 Å². The van der Waals surface area contributed by atoms with Crippen molar-refractivity contribution in [2.24, 2.45) is 0 Å². The Bertz CT molecular complexity index is 747. The molecule has 20 heavy (non-hydrogen) atoms. The Kier molecular flexibility index (Phi) is 3.82. The standard InChI is InChI=1S/C13H16N2O4S/c1-14(2)20(18,19)11-3-4-12-10(9-11)5-7-15(12)8-6-13(16)17/h3-5,7,9H,6,8H2,1-2H3,(H,16,17). The fraction of sp³-hybridized carbons (Fsp3) is 0.308. The summed E-state index contributed by atoms with van der Waals surface area (Å²) < 4.78 is 27.0. The zero-order valence-corrected chi connectivity index (χ0v) is 12.1. The van der Waals surface area contributed by atoms with Gasteiger partial charge in [0.1, 0.15) is 0 Å². The number of sulfonamides is 1. The first-order chi connectivity index (χ1) is 9.32. The van der Waals surface area contributed by atoms with Gasteiger partial charge in [0, 0.05) is 37.7 Å². The second-order valence-electron chi connectivity index (χ2n) is 4.66. The van der Waals surface area contributed by atoms with Crippen LogP contribution in [-0.4, -0.2) is 42.5 Å². The number of fused-ring (bicyclic) bond motifs is 1. The number of hydrogen-bond acceptors (Lipinski definition) is 3. The minimum absolute atomic E-state index is 0.0293. The summed E-state index contributed by atoms with van der Waals surface area (Å²) in [5.74, 6) is -0.862. The van der Waals surface area contributed by atoms with E-state index in [9.17, 15) is 13.2 Å². The fourth-order valence-electron chi connectivity index (χ4n) is 1.96. The lowest BCUT2D eigenvalue weighted by Crippen LogP contribution is -2.22. The predicted octanol–water partition coefficient (Wildman–Crippen LogP) is 1.37. The highest BCUT2D eigenvalue weighted by Gasteiger charge is 2.17. The molecule has 2 aromatic rings. The van der Waals surface area contributed by atoms with Gasteiger partial charge in [-0.25, -0.2) is 12.7 Å². The smallest absolute Gasteiger partial charge is 0.305 e. The summed E-state index contributed by atoms with van der Waals surface area (Å²) in [5, 5.41) is 9.47. The van der Waals surface area contributed by atoms with Crippen LogP contribution < -0.4 is 0 Å². The third kappa shape index (κ3) is 2.68. The molecule has 1 N–H and O–H groups in total. The summed E-state index contributed by atoms with van der Waals surface area (Å²) in [4.78, 5) is 10.8. The number of nitrogens with zero attached hydrogens (tertiary/aromatic N) is 2. The van der Waals surface area contributed by atoms with Crippen LogP contribution in [0.15, 0.2) is 35.4 Å². The lowest BCUT2D eigenvalue weighted by Gasteiger charge is -2.11. The zero-order chi connectivity index (χ0) is 14.9. The van der Waals surface area contributed by atoms with Crippen LogP contribution in [0, 0.1) is 0 Å². The van der Waals surface area contributed by atoms with Crippen molar-refractivity contribution in [2.45, 2.75) is 17.9 Å². The number of aryl methyl sites for hydroxylation is 1. The Balaban J connectivity index is 2.41. The Labute approximate surface area is 117 Å². The molecule has 108 valence electrons. The molecule has 6 nitrogen and oxygen atoms in total. The van der Waals surface area contributed by atoms with Gasteiger partial charge in [-0.1, -0.05) is 0 Å². The molecule has 0 radical (unpaired) electrons. The quantitative estimate of drug-likeness (QED) is 0.903. The normalized spacial score (nSPS) is 12.2. The van der Waals surface area contributed by atoms with Gasteiger partial charge in [-0.15, -0.1) is 0 Å². The van der Waals surface area contributed by atoms with Crippen molar-refractivity contribution in [3.05, 3.63) is 30.5 Å². The van der Waals surface area contributed by atoms with Crippen LogP contribution in [0.1, 0.15) is 6.42 Å². The molecular formula is C13H16N2O4S. The molecule has 1 heterocycles. The highest BCUT2D eigenvalue weighted by atomic mass is 32.2. The van der Waals surface area contributed by atoms with Crippen molar-refractivity contribution in [1.82, 2.24) is 8.87 Å². The highest BCUT2D eigenvalue weighted by Crippen LogP contribution is 2.22. The Hall–Kier alpha value is -1.86. The first kappa shape index (κ1) is 14.5. The lowest BCUT2D eigenvalue weighted by atomic mass is 10.2. The maximum Gasteiger partial charge on any atom is 0.305 e. The Morgan fingerprint density at radius 3 is 2.60 bits per heavy atom. The van der Waals surface area contributed by atoms with Crippen LogP contribution in [0.25, 0.3) is 10.9 Å². The number of hydrogen-bond donors (Lipinski definition) is 1. The summed E-state index contributed by atoms with van der Waals surface area (Å²) >= 11 is 0. The third-order valence-corrected chi connectivity index (χ3v) is 4.90. The molecule has 2 rings (SSSR count). The van der Waals surface area contributed by atoms with Gasteiger partial charge in [-0.2, -0.15) is 0 Å². The molecule has 0 aliphatic heterocycles. The van der Waals surface area contributed by atoms with Crippen molar-refractivity contribution < 1.29 is 18.3 Å². The number of aliphatic carboxylic acids is 1. The molecule has 0 aliphatic carbocycles. The first-order valence-corrected chi connectivity index (χ1v) is 7.49. The molecule has 1 aromatic heterocycles. The maximum atomic E-state index is 12.0. The molecule has 0 unspecified atom stereocenters. The molecule has 0 saturated heterocycles. The Morgan fingerprint density at radius 2 is 2.00 bits per heavy atom. The van der Waals surface area contributed by atoms with Gasteiger partial charge in [-0.3, -0.25) is 4.79 Å². The van der Waals surface area contributed by atoms with E-state index in [0.717, 1.165) is 15.2 Å². The van der Waals surface area contributed by atoms with Crippen LogP contribution in [0.2, 0.25) is 0 Å². The summed E-state index contributed by atoms with van der Waals surface area (Å²) in [6, 6.07) is 6.62. The second kappa shape index (κ2) is 5.26. The van der Waals surface area contributed by atoms with E-state index in [4.69, 9.17) is 5.11 Å². The van der Waals surface area contributed by atoms with Crippen molar-refractivity contribution >= 4 is 26.9 Å². The van der Waals surface area contributed by atoms with Crippen molar-refractivity contribution in [2.75, 3.05) is 14.1 Å². The van der Waals surface area contributed by atoms with E-state index in [0.29, 0.717) is 6.54 Å². The van der Waals surface area contributed by atoms with Crippen molar-refractivity contribution in [3.8, 4) is 0 Å². The van der Waals surface area contributed by atoms with E-state index >= 15 is 0 Å². The molecule has 7 heteroatoms. The van der Waals surface area contributed by atoms with Gasteiger partial charge in [-0.05, 0) is 24.3 Å². The third-order valence-electron chi connectivity index (χ3n) is 3.09. The number of benzene rings is 1. The van der Waals surface area contributed by atoms with Gasteiger partial charge in [0.05, 0.1) is 11.3 Å². The molecular weight excluding hydrogens is 280 g/mol. The average Bonchev–Trinajstić information content (AvgIpc) is 2.78. The minimum Gasteiger partial charge on any atom is -0.481 e. The zero-order valence-electron chi connectivity index (χ0n) is 11.3. The number of carbonyl (C=O) groups is 1. The first-order valence-electron chi connectivity index (χ1n) is 6.05. The number of carboxylic acid groups (broad SMARTS) is 1. The van der Waals surface area contributed by atoms with E-state index in [-0.39, 0.29) is 11.3 Å². The van der Waals surface area contributed by atoms with Gasteiger partial charge >= 0.3 is 5.97 Å². The van der Waals surface area contributed by atoms with E-state index < -0.39 is 16.0 Å². The minimum atomic E-state index is -3.45. The SMILES string of the molecule is CN(C)S(=O)(=O)c1ccc2c(ccn2CCC(=O)O)c1. The van der Waals surface area contributed by atoms with Crippen LogP contribution >= 0.6 is 0 Å². The van der Waals surface area contributed by atoms with Crippen molar-refractivity contribution in [3.63, 3.8) is 0 Å². The predicted molar refractivity (Wildman–Crippen MR) is 75.1 cm³/mol. The molecule has 0 amide bonds.